The van der Waals surface area contributed by atoms with E-state index < -0.39 is 5.60 Å². The minimum Gasteiger partial charge on any atom is -0.457 e. The van der Waals surface area contributed by atoms with E-state index in [4.69, 9.17) is 4.74 Å². The van der Waals surface area contributed by atoms with Crippen LogP contribution in [0.2, 0.25) is 0 Å². The molecule has 1 aliphatic heterocycles. The average molecular weight is 336 g/mol. The lowest BCUT2D eigenvalue weighted by molar-refractivity contribution is -0.150. The number of carbonyl (C=O) groups excluding carboxylic acids is 1. The van der Waals surface area contributed by atoms with Crippen molar-refractivity contribution < 1.29 is 9.53 Å². The van der Waals surface area contributed by atoms with E-state index in [0.29, 0.717) is 0 Å². The van der Waals surface area contributed by atoms with Crippen molar-refractivity contribution in [1.82, 2.24) is 4.90 Å². The molecule has 0 radical (unpaired) electrons. The van der Waals surface area contributed by atoms with Gasteiger partial charge in [0.25, 0.3) is 0 Å². The maximum atomic E-state index is 12.3. The first-order valence-corrected chi connectivity index (χ1v) is 9.45. The number of piperidine rings is 1. The summed E-state index contributed by atoms with van der Waals surface area (Å²) in [5.74, 6) is 0.861. The predicted molar refractivity (Wildman–Crippen MR) is 102 cm³/mol. The SMILES string of the molecule is CCC1CCN(C/C(C)=C/C=C(/C(=O)OC(C)(C)C)C(C)C)CC1. The molecule has 0 N–H and O–H groups in total. The van der Waals surface area contributed by atoms with Gasteiger partial charge in [0.05, 0.1) is 0 Å². The molecule has 1 saturated heterocycles. The van der Waals surface area contributed by atoms with Crippen LogP contribution < -0.4 is 0 Å². The first kappa shape index (κ1) is 21.0. The van der Waals surface area contributed by atoms with Crippen molar-refractivity contribution in [2.45, 2.75) is 73.3 Å². The van der Waals surface area contributed by atoms with E-state index >= 15 is 0 Å². The summed E-state index contributed by atoms with van der Waals surface area (Å²) in [7, 11) is 0. The number of hydrogen-bond donors (Lipinski definition) is 0. The molecule has 3 nitrogen and oxygen atoms in total. The van der Waals surface area contributed by atoms with Crippen molar-refractivity contribution in [1.29, 1.82) is 0 Å². The highest BCUT2D eigenvalue weighted by atomic mass is 16.6. The largest absolute Gasteiger partial charge is 0.457 e. The number of esters is 1. The zero-order valence-electron chi connectivity index (χ0n) is 16.8. The van der Waals surface area contributed by atoms with Gasteiger partial charge in [-0.05, 0) is 65.5 Å². The Kier molecular flexibility index (Phi) is 8.21. The fraction of sp³-hybridized carbons (Fsp3) is 0.762. The molecule has 0 aromatic rings. The zero-order chi connectivity index (χ0) is 18.3. The molecule has 3 heteroatoms. The molecule has 0 spiro atoms. The summed E-state index contributed by atoms with van der Waals surface area (Å²) in [6.45, 7) is 17.6. The fourth-order valence-electron chi connectivity index (χ4n) is 3.02. The lowest BCUT2D eigenvalue weighted by Gasteiger charge is -2.31. The van der Waals surface area contributed by atoms with Crippen LogP contribution in [0.3, 0.4) is 0 Å². The van der Waals surface area contributed by atoms with Crippen LogP contribution >= 0.6 is 0 Å². The zero-order valence-corrected chi connectivity index (χ0v) is 16.8. The van der Waals surface area contributed by atoms with E-state index in [1.54, 1.807) is 0 Å². The van der Waals surface area contributed by atoms with E-state index in [-0.39, 0.29) is 11.9 Å². The van der Waals surface area contributed by atoms with Gasteiger partial charge in [0.1, 0.15) is 5.60 Å². The highest BCUT2D eigenvalue weighted by Crippen LogP contribution is 2.21. The number of carbonyl (C=O) groups is 1. The van der Waals surface area contributed by atoms with Gasteiger partial charge in [0.2, 0.25) is 0 Å². The third-order valence-corrected chi connectivity index (χ3v) is 4.56. The maximum absolute atomic E-state index is 12.3. The Morgan fingerprint density at radius 3 is 2.25 bits per heavy atom. The van der Waals surface area contributed by atoms with Crippen LogP contribution in [0.25, 0.3) is 0 Å². The van der Waals surface area contributed by atoms with Crippen LogP contribution in [0, 0.1) is 11.8 Å². The first-order valence-electron chi connectivity index (χ1n) is 9.45. The van der Waals surface area contributed by atoms with Gasteiger partial charge < -0.3 is 4.74 Å². The van der Waals surface area contributed by atoms with Crippen LogP contribution in [0.1, 0.15) is 67.7 Å². The molecular weight excluding hydrogens is 298 g/mol. The smallest absolute Gasteiger partial charge is 0.334 e. The van der Waals surface area contributed by atoms with Crippen LogP contribution in [-0.2, 0) is 9.53 Å². The second-order valence-electron chi connectivity index (χ2n) is 8.42. The molecule has 0 atom stereocenters. The predicted octanol–water partition coefficient (Wildman–Crippen LogP) is 4.98. The molecule has 0 bridgehead atoms. The van der Waals surface area contributed by atoms with Gasteiger partial charge in [-0.3, -0.25) is 4.90 Å². The lowest BCUT2D eigenvalue weighted by Crippen LogP contribution is -2.34. The first-order chi connectivity index (χ1) is 11.1. The summed E-state index contributed by atoms with van der Waals surface area (Å²) < 4.78 is 5.52. The molecule has 0 amide bonds. The summed E-state index contributed by atoms with van der Waals surface area (Å²) in [5, 5.41) is 0. The van der Waals surface area contributed by atoms with E-state index in [1.165, 1.54) is 37.9 Å². The summed E-state index contributed by atoms with van der Waals surface area (Å²) in [5.41, 5.74) is 1.59. The van der Waals surface area contributed by atoms with Crippen molar-refractivity contribution >= 4 is 5.97 Å². The molecule has 138 valence electrons. The maximum Gasteiger partial charge on any atom is 0.334 e. The molecule has 0 unspecified atom stereocenters. The Hall–Kier alpha value is -1.09. The fourth-order valence-corrected chi connectivity index (χ4v) is 3.02. The van der Waals surface area contributed by atoms with E-state index in [9.17, 15) is 4.79 Å². The number of rotatable bonds is 6. The molecule has 1 heterocycles. The summed E-state index contributed by atoms with van der Waals surface area (Å²) in [6, 6.07) is 0. The molecule has 1 aliphatic rings. The summed E-state index contributed by atoms with van der Waals surface area (Å²) in [6.07, 6.45) is 7.97. The number of hydrogen-bond acceptors (Lipinski definition) is 3. The molecule has 0 aromatic carbocycles. The van der Waals surface area contributed by atoms with Gasteiger partial charge >= 0.3 is 5.97 Å². The van der Waals surface area contributed by atoms with Gasteiger partial charge in [-0.15, -0.1) is 0 Å². The monoisotopic (exact) mass is 335 g/mol. The van der Waals surface area contributed by atoms with Crippen LogP contribution in [0.15, 0.2) is 23.3 Å². The normalized spacial score (nSPS) is 19.0. The van der Waals surface area contributed by atoms with Crippen molar-refractivity contribution in [3.05, 3.63) is 23.3 Å². The highest BCUT2D eigenvalue weighted by Gasteiger charge is 2.21. The average Bonchev–Trinajstić information content (AvgIpc) is 2.46. The molecule has 0 aliphatic carbocycles. The van der Waals surface area contributed by atoms with E-state index in [2.05, 4.69) is 24.8 Å². The van der Waals surface area contributed by atoms with Crippen molar-refractivity contribution in [3.63, 3.8) is 0 Å². The van der Waals surface area contributed by atoms with Crippen molar-refractivity contribution in [3.8, 4) is 0 Å². The van der Waals surface area contributed by atoms with Gasteiger partial charge in [0.15, 0.2) is 0 Å². The Labute approximate surface area is 149 Å². The van der Waals surface area contributed by atoms with Crippen LogP contribution in [-0.4, -0.2) is 36.1 Å². The van der Waals surface area contributed by atoms with Crippen LogP contribution in [0.4, 0.5) is 0 Å². The molecule has 1 fully saturated rings. The molecule has 1 rings (SSSR count). The van der Waals surface area contributed by atoms with E-state index in [1.807, 2.05) is 40.7 Å². The Bertz CT molecular complexity index is 461. The second-order valence-corrected chi connectivity index (χ2v) is 8.42. The third kappa shape index (κ3) is 7.65. The molecule has 24 heavy (non-hydrogen) atoms. The molecule has 0 saturated carbocycles. The third-order valence-electron chi connectivity index (χ3n) is 4.56. The number of likely N-dealkylation sites (tertiary alicyclic amines) is 1. The van der Waals surface area contributed by atoms with Gasteiger partial charge in [-0.2, -0.15) is 0 Å². The number of allylic oxidation sites excluding steroid dienone is 2. The quantitative estimate of drug-likeness (QED) is 0.389. The molecule has 0 aromatic heterocycles. The summed E-state index contributed by atoms with van der Waals surface area (Å²) in [4.78, 5) is 14.9. The number of ether oxygens (including phenoxy) is 1. The lowest BCUT2D eigenvalue weighted by atomic mass is 9.94. The molecular formula is C21H37NO2. The summed E-state index contributed by atoms with van der Waals surface area (Å²) >= 11 is 0. The van der Waals surface area contributed by atoms with Gasteiger partial charge in [-0.25, -0.2) is 4.79 Å². The standard InChI is InChI=1S/C21H37NO2/c1-8-18-11-13-22(14-12-18)15-17(4)9-10-19(16(2)3)20(23)24-21(5,6)7/h9-10,16,18H,8,11-15H2,1-7H3/b17-9+,19-10+. The van der Waals surface area contributed by atoms with Crippen LogP contribution in [0.5, 0.6) is 0 Å². The topological polar surface area (TPSA) is 29.5 Å². The highest BCUT2D eigenvalue weighted by molar-refractivity contribution is 5.89. The minimum atomic E-state index is -0.451. The van der Waals surface area contributed by atoms with Gasteiger partial charge in [0, 0.05) is 12.1 Å². The number of nitrogens with zero attached hydrogens (tertiary/aromatic N) is 1. The second kappa shape index (κ2) is 9.41. The Morgan fingerprint density at radius 2 is 1.79 bits per heavy atom. The van der Waals surface area contributed by atoms with Crippen molar-refractivity contribution in [2.75, 3.05) is 19.6 Å². The Morgan fingerprint density at radius 1 is 1.21 bits per heavy atom. The van der Waals surface area contributed by atoms with E-state index in [0.717, 1.165) is 18.0 Å². The van der Waals surface area contributed by atoms with Crippen molar-refractivity contribution in [2.24, 2.45) is 11.8 Å². The Balaban J connectivity index is 2.66. The minimum absolute atomic E-state index is 0.157. The van der Waals surface area contributed by atoms with Gasteiger partial charge in [-0.1, -0.05) is 44.9 Å².